The summed E-state index contributed by atoms with van der Waals surface area (Å²) < 4.78 is 13.0. The summed E-state index contributed by atoms with van der Waals surface area (Å²) in [6.07, 6.45) is 1.44. The number of carbonyl (C=O) groups is 1. The average Bonchev–Trinajstić information content (AvgIpc) is 2.87. The third-order valence-electron chi connectivity index (χ3n) is 3.66. The molecule has 0 radical (unpaired) electrons. The number of Topliss-reactive ketones (excluding diaryl/α,β-unsaturated/α-hetero) is 1. The zero-order valence-corrected chi connectivity index (χ0v) is 12.9. The Morgan fingerprint density at radius 1 is 1.10 bits per heavy atom. The fourth-order valence-electron chi connectivity index (χ4n) is 2.11. The Morgan fingerprint density at radius 2 is 1.70 bits per heavy atom. The van der Waals surface area contributed by atoms with Gasteiger partial charge >= 0.3 is 0 Å². The van der Waals surface area contributed by atoms with E-state index >= 15 is 0 Å². The quantitative estimate of drug-likeness (QED) is 0.790. The van der Waals surface area contributed by atoms with Crippen LogP contribution >= 0.6 is 11.3 Å². The van der Waals surface area contributed by atoms with E-state index in [1.165, 1.54) is 17.0 Å². The lowest BCUT2D eigenvalue weighted by Gasteiger charge is -2.23. The molecular formula is C17H19FOS. The third kappa shape index (κ3) is 3.15. The van der Waals surface area contributed by atoms with Crippen molar-refractivity contribution in [1.82, 2.24) is 0 Å². The van der Waals surface area contributed by atoms with Gasteiger partial charge in [0.2, 0.25) is 0 Å². The van der Waals surface area contributed by atoms with Crippen molar-refractivity contribution < 1.29 is 9.18 Å². The van der Waals surface area contributed by atoms with Crippen molar-refractivity contribution >= 4 is 17.1 Å². The molecule has 1 heterocycles. The fraction of sp³-hybridized carbons (Fsp3) is 0.353. The molecule has 0 spiro atoms. The van der Waals surface area contributed by atoms with Gasteiger partial charge in [-0.25, -0.2) is 4.39 Å². The fourth-order valence-corrected chi connectivity index (χ4v) is 3.07. The predicted molar refractivity (Wildman–Crippen MR) is 81.8 cm³/mol. The molecule has 0 aliphatic carbocycles. The molecule has 0 amide bonds. The molecule has 106 valence electrons. The number of hydrogen-bond donors (Lipinski definition) is 0. The van der Waals surface area contributed by atoms with Crippen LogP contribution in [0.4, 0.5) is 4.39 Å². The Bertz CT molecular complexity index is 596. The highest BCUT2D eigenvalue weighted by Gasteiger charge is 2.29. The minimum atomic E-state index is -0.593. The molecule has 1 nitrogen and oxygen atoms in total. The van der Waals surface area contributed by atoms with Crippen molar-refractivity contribution in [1.29, 1.82) is 0 Å². The van der Waals surface area contributed by atoms with Gasteiger partial charge in [0, 0.05) is 21.6 Å². The van der Waals surface area contributed by atoms with E-state index < -0.39 is 5.41 Å². The molecule has 20 heavy (non-hydrogen) atoms. The van der Waals surface area contributed by atoms with Crippen molar-refractivity contribution in [3.8, 4) is 0 Å². The first-order chi connectivity index (χ1) is 9.43. The summed E-state index contributed by atoms with van der Waals surface area (Å²) in [4.78, 5) is 14.9. The van der Waals surface area contributed by atoms with Crippen LogP contribution in [-0.4, -0.2) is 5.78 Å². The van der Waals surface area contributed by atoms with Gasteiger partial charge in [0.15, 0.2) is 0 Å². The normalized spacial score (nSPS) is 11.6. The highest BCUT2D eigenvalue weighted by Crippen LogP contribution is 2.27. The zero-order valence-electron chi connectivity index (χ0n) is 12.1. The summed E-state index contributed by atoms with van der Waals surface area (Å²) >= 11 is 1.69. The maximum absolute atomic E-state index is 13.0. The molecule has 0 aliphatic rings. The average molecular weight is 290 g/mol. The largest absolute Gasteiger partial charge is 0.298 e. The van der Waals surface area contributed by atoms with Crippen LogP contribution in [0.2, 0.25) is 0 Å². The lowest BCUT2D eigenvalue weighted by molar-refractivity contribution is -0.122. The van der Waals surface area contributed by atoms with E-state index in [-0.39, 0.29) is 11.6 Å². The van der Waals surface area contributed by atoms with Crippen LogP contribution < -0.4 is 0 Å². The van der Waals surface area contributed by atoms with Gasteiger partial charge in [0.05, 0.1) is 0 Å². The van der Waals surface area contributed by atoms with E-state index in [9.17, 15) is 9.18 Å². The molecule has 0 aliphatic heterocycles. The van der Waals surface area contributed by atoms with Crippen LogP contribution in [0.25, 0.3) is 0 Å². The first kappa shape index (κ1) is 14.9. The maximum atomic E-state index is 13.0. The highest BCUT2D eigenvalue weighted by atomic mass is 32.1. The van der Waals surface area contributed by atoms with Gasteiger partial charge < -0.3 is 0 Å². The van der Waals surface area contributed by atoms with Gasteiger partial charge in [-0.05, 0) is 50.1 Å². The number of rotatable bonds is 5. The first-order valence-electron chi connectivity index (χ1n) is 6.80. The van der Waals surface area contributed by atoms with E-state index in [2.05, 4.69) is 13.0 Å². The van der Waals surface area contributed by atoms with Crippen LogP contribution in [0, 0.1) is 5.82 Å². The second kappa shape index (κ2) is 5.88. The van der Waals surface area contributed by atoms with Gasteiger partial charge in [0.1, 0.15) is 11.6 Å². The zero-order chi connectivity index (χ0) is 14.8. The number of ketones is 1. The third-order valence-corrected chi connectivity index (χ3v) is 4.89. The van der Waals surface area contributed by atoms with Crippen molar-refractivity contribution in [3.63, 3.8) is 0 Å². The minimum absolute atomic E-state index is 0.161. The SMILES string of the molecule is CCc1ccc(CC(=O)C(C)(C)c2ccc(F)cc2)s1. The molecule has 3 heteroatoms. The Labute approximate surface area is 123 Å². The Kier molecular flexibility index (Phi) is 4.39. The topological polar surface area (TPSA) is 17.1 Å². The Morgan fingerprint density at radius 3 is 2.25 bits per heavy atom. The molecule has 0 unspecified atom stereocenters. The molecule has 1 aromatic carbocycles. The molecule has 0 fully saturated rings. The number of halogens is 1. The van der Waals surface area contributed by atoms with Crippen molar-refractivity contribution in [2.75, 3.05) is 0 Å². The van der Waals surface area contributed by atoms with Crippen LogP contribution in [0.3, 0.4) is 0 Å². The Hall–Kier alpha value is -1.48. The molecule has 0 N–H and O–H groups in total. The van der Waals surface area contributed by atoms with Crippen molar-refractivity contribution in [2.24, 2.45) is 0 Å². The summed E-state index contributed by atoms with van der Waals surface area (Å²) in [6, 6.07) is 10.3. The maximum Gasteiger partial charge on any atom is 0.148 e. The van der Waals surface area contributed by atoms with E-state index in [1.807, 2.05) is 19.9 Å². The molecule has 0 saturated carbocycles. The van der Waals surface area contributed by atoms with E-state index in [0.29, 0.717) is 6.42 Å². The summed E-state index contributed by atoms with van der Waals surface area (Å²) in [5, 5.41) is 0. The van der Waals surface area contributed by atoms with Crippen LogP contribution in [-0.2, 0) is 23.1 Å². The molecule has 0 bridgehead atoms. The lowest BCUT2D eigenvalue weighted by atomic mass is 9.79. The number of benzene rings is 1. The Balaban J connectivity index is 2.16. The van der Waals surface area contributed by atoms with E-state index in [1.54, 1.807) is 23.5 Å². The van der Waals surface area contributed by atoms with Crippen molar-refractivity contribution in [3.05, 3.63) is 57.5 Å². The molecule has 2 aromatic rings. The van der Waals surface area contributed by atoms with Gasteiger partial charge in [0.25, 0.3) is 0 Å². The number of carbonyl (C=O) groups excluding carboxylic acids is 1. The number of thiophene rings is 1. The summed E-state index contributed by atoms with van der Waals surface area (Å²) in [6.45, 7) is 5.91. The van der Waals surface area contributed by atoms with Gasteiger partial charge in [-0.3, -0.25) is 4.79 Å². The van der Waals surface area contributed by atoms with Crippen molar-refractivity contribution in [2.45, 2.75) is 39.0 Å². The van der Waals surface area contributed by atoms with Gasteiger partial charge in [-0.2, -0.15) is 0 Å². The summed E-state index contributed by atoms with van der Waals surface area (Å²) in [7, 11) is 0. The van der Waals surface area contributed by atoms with Gasteiger partial charge in [-0.15, -0.1) is 11.3 Å². The molecule has 0 saturated heterocycles. The van der Waals surface area contributed by atoms with Crippen LogP contribution in [0.5, 0.6) is 0 Å². The number of hydrogen-bond acceptors (Lipinski definition) is 2. The highest BCUT2D eigenvalue weighted by molar-refractivity contribution is 7.12. The standard InChI is InChI=1S/C17H19FOS/c1-4-14-9-10-15(20-14)11-16(19)17(2,3)12-5-7-13(18)8-6-12/h5-10H,4,11H2,1-3H3. The smallest absolute Gasteiger partial charge is 0.148 e. The van der Waals surface area contributed by atoms with Crippen LogP contribution in [0.1, 0.15) is 36.1 Å². The monoisotopic (exact) mass is 290 g/mol. The predicted octanol–water partition coefficient (Wildman–Crippen LogP) is 4.54. The lowest BCUT2D eigenvalue weighted by Crippen LogP contribution is -2.30. The van der Waals surface area contributed by atoms with E-state index in [4.69, 9.17) is 0 Å². The van der Waals surface area contributed by atoms with E-state index in [0.717, 1.165) is 16.9 Å². The molecule has 0 atom stereocenters. The van der Waals surface area contributed by atoms with Crippen LogP contribution in [0.15, 0.2) is 36.4 Å². The second-order valence-electron chi connectivity index (χ2n) is 5.45. The summed E-state index contributed by atoms with van der Waals surface area (Å²) in [5.74, 6) is -0.114. The molecular weight excluding hydrogens is 271 g/mol. The first-order valence-corrected chi connectivity index (χ1v) is 7.62. The molecule has 2 rings (SSSR count). The molecule has 1 aromatic heterocycles. The number of aryl methyl sites for hydroxylation is 1. The van der Waals surface area contributed by atoms with Gasteiger partial charge in [-0.1, -0.05) is 19.1 Å². The summed E-state index contributed by atoms with van der Waals surface area (Å²) in [5.41, 5.74) is 0.264. The second-order valence-corrected chi connectivity index (χ2v) is 6.71. The minimum Gasteiger partial charge on any atom is -0.298 e.